The van der Waals surface area contributed by atoms with Gasteiger partial charge in [0, 0.05) is 103 Å². The van der Waals surface area contributed by atoms with Crippen molar-refractivity contribution in [1.29, 1.82) is 0 Å². The van der Waals surface area contributed by atoms with Gasteiger partial charge < -0.3 is 46.1 Å². The lowest BCUT2D eigenvalue weighted by molar-refractivity contribution is -0.140. The van der Waals surface area contributed by atoms with Crippen LogP contribution in [0.2, 0.25) is 0 Å². The van der Waals surface area contributed by atoms with E-state index in [0.29, 0.717) is 46.1 Å². The first-order valence-electron chi connectivity index (χ1n) is 30.7. The highest BCUT2D eigenvalue weighted by atomic mass is 16.5. The first-order valence-corrected chi connectivity index (χ1v) is 30.7. The maximum absolute atomic E-state index is 14.1. The number of rotatable bonds is 38. The molecule has 0 aromatic rings. The van der Waals surface area contributed by atoms with Crippen molar-refractivity contribution in [2.24, 2.45) is 60.6 Å². The Morgan fingerprint density at radius 2 is 0.892 bits per heavy atom. The van der Waals surface area contributed by atoms with Crippen molar-refractivity contribution in [3.8, 4) is 0 Å². The fourth-order valence-electron chi connectivity index (χ4n) is 8.80. The lowest BCUT2D eigenvalue weighted by atomic mass is 9.79. The van der Waals surface area contributed by atoms with Crippen LogP contribution in [0.1, 0.15) is 224 Å². The maximum Gasteiger partial charge on any atom is 0.242 e. The summed E-state index contributed by atoms with van der Waals surface area (Å²) in [5.74, 6) is -2.26. The molecule has 482 valence electrons. The lowest BCUT2D eigenvalue weighted by Gasteiger charge is -2.32. The van der Waals surface area contributed by atoms with E-state index >= 15 is 0 Å². The van der Waals surface area contributed by atoms with Gasteiger partial charge >= 0.3 is 0 Å². The van der Waals surface area contributed by atoms with Crippen LogP contribution >= 0.6 is 0 Å². The Bertz CT molecular complexity index is 2150. The molecule has 2 atom stereocenters. The van der Waals surface area contributed by atoms with Crippen molar-refractivity contribution in [1.82, 2.24) is 36.8 Å². The van der Waals surface area contributed by atoms with Crippen LogP contribution in [0.5, 0.6) is 0 Å². The van der Waals surface area contributed by atoms with Crippen LogP contribution in [0.3, 0.4) is 0 Å². The Hall–Kier alpha value is -4.16. The van der Waals surface area contributed by atoms with E-state index < -0.39 is 50.5 Å². The van der Waals surface area contributed by atoms with Crippen molar-refractivity contribution in [2.75, 3.05) is 72.3 Å². The van der Waals surface area contributed by atoms with Crippen LogP contribution in [0.15, 0.2) is 0 Å². The Morgan fingerprint density at radius 3 is 1.30 bits per heavy atom. The van der Waals surface area contributed by atoms with Crippen LogP contribution in [-0.2, 0) is 52.6 Å². The molecule has 8 amide bonds. The third kappa shape index (κ3) is 32.2. The summed E-state index contributed by atoms with van der Waals surface area (Å²) in [4.78, 5) is 107. The molecular formula is C65H121N7O11. The molecule has 1 fully saturated rings. The second-order valence-electron chi connectivity index (χ2n) is 32.9. The van der Waals surface area contributed by atoms with Gasteiger partial charge in [-0.1, -0.05) is 152 Å². The van der Waals surface area contributed by atoms with Gasteiger partial charge in [-0.3, -0.25) is 43.3 Å². The predicted octanol–water partition coefficient (Wildman–Crippen LogP) is 9.31. The summed E-state index contributed by atoms with van der Waals surface area (Å²) in [6.45, 7) is 51.4. The van der Waals surface area contributed by atoms with E-state index in [1.54, 1.807) is 0 Å². The monoisotopic (exact) mass is 1180 g/mol. The van der Waals surface area contributed by atoms with E-state index in [2.05, 4.69) is 73.4 Å². The third-order valence-corrected chi connectivity index (χ3v) is 15.3. The molecule has 0 aliphatic carbocycles. The molecule has 0 radical (unpaired) electrons. The number of carbonyl (C=O) groups is 8. The standard InChI is InChI=1S/C65H121N7O11/c1-45(2)46-33-51(76)72(53(46)78)32-27-49(74)67-39-65(23,24)83-44-58(9,10)34-50(75)71-47(52(77)68-36-60(13,14)41-82-43-62(17,18)38-70-55(80)64(21,22)31-29-57(6,7)8)25-26-48(73)66-35-59(11,12)40-81-42-61(15,16)37-69-54(79)63(19,20)30-28-56(3,4)5/h45-47H,25-44H2,1-24H3,(H,66,73)(H,67,74)(H,68,77)(H,69,79)(H,70,80)(H,71,75)/t46?,47-/m0/s1. The molecule has 6 N–H and O–H groups in total. The topological polar surface area (TPSA) is 240 Å². The number of carbonyl (C=O) groups excluding carboxylic acids is 8. The number of nitrogens with zero attached hydrogens (tertiary/aromatic N) is 1. The summed E-state index contributed by atoms with van der Waals surface area (Å²) < 4.78 is 18.7. The number of hydrogen-bond donors (Lipinski definition) is 6. The van der Waals surface area contributed by atoms with Gasteiger partial charge in [0.05, 0.1) is 38.6 Å². The zero-order valence-corrected chi connectivity index (χ0v) is 56.8. The van der Waals surface area contributed by atoms with E-state index in [9.17, 15) is 38.4 Å². The maximum atomic E-state index is 14.1. The zero-order valence-electron chi connectivity index (χ0n) is 56.8. The van der Waals surface area contributed by atoms with Gasteiger partial charge in [-0.15, -0.1) is 0 Å². The van der Waals surface area contributed by atoms with Gasteiger partial charge in [0.25, 0.3) is 0 Å². The van der Waals surface area contributed by atoms with E-state index in [-0.39, 0.29) is 127 Å². The molecule has 1 heterocycles. The van der Waals surface area contributed by atoms with E-state index in [1.807, 2.05) is 125 Å². The van der Waals surface area contributed by atoms with Crippen LogP contribution < -0.4 is 31.9 Å². The number of hydrogen-bond acceptors (Lipinski definition) is 11. The number of nitrogens with one attached hydrogen (secondary N) is 6. The first-order chi connectivity index (χ1) is 37.4. The summed E-state index contributed by atoms with van der Waals surface area (Å²) in [6, 6.07) is -1.05. The van der Waals surface area contributed by atoms with Crippen molar-refractivity contribution >= 4 is 47.3 Å². The van der Waals surface area contributed by atoms with Gasteiger partial charge in [-0.25, -0.2) is 0 Å². The average Bonchev–Trinajstić information content (AvgIpc) is 3.62. The SMILES string of the molecule is CC(C)C1CC(=O)N(CCC(=O)NCC(C)(C)OCC(C)(C)CC(=O)N[C@@H](CCC(=O)NCC(C)(C)COCC(C)(C)CNC(=O)C(C)(C)CCC(C)(C)C)C(=O)NCC(C)(C)COCC(C)(C)CNC(=O)C(C)(C)CCC(C)(C)C)C1=O. The highest BCUT2D eigenvalue weighted by Crippen LogP contribution is 2.33. The van der Waals surface area contributed by atoms with Crippen LogP contribution in [0, 0.1) is 60.6 Å². The molecule has 18 heteroatoms. The van der Waals surface area contributed by atoms with Gasteiger partial charge in [-0.2, -0.15) is 0 Å². The Morgan fingerprint density at radius 1 is 0.494 bits per heavy atom. The van der Waals surface area contributed by atoms with E-state index in [0.717, 1.165) is 25.7 Å². The van der Waals surface area contributed by atoms with E-state index in [4.69, 9.17) is 14.2 Å². The largest absolute Gasteiger partial charge is 0.380 e. The number of imide groups is 1. The number of likely N-dealkylation sites (tertiary alicyclic amines) is 1. The molecular weight excluding hydrogens is 1050 g/mol. The minimum atomic E-state index is -1.05. The highest BCUT2D eigenvalue weighted by molar-refractivity contribution is 6.04. The van der Waals surface area contributed by atoms with Gasteiger partial charge in [0.1, 0.15) is 6.04 Å². The van der Waals surface area contributed by atoms with Crippen molar-refractivity contribution in [3.05, 3.63) is 0 Å². The summed E-state index contributed by atoms with van der Waals surface area (Å²) in [5, 5.41) is 18.1. The molecule has 18 nitrogen and oxygen atoms in total. The van der Waals surface area contributed by atoms with Gasteiger partial charge in [0.2, 0.25) is 47.3 Å². The molecule has 0 aromatic carbocycles. The number of ether oxygens (including phenoxy) is 3. The second kappa shape index (κ2) is 31.5. The Labute approximate surface area is 503 Å². The third-order valence-electron chi connectivity index (χ3n) is 15.3. The molecule has 0 bridgehead atoms. The normalized spacial score (nSPS) is 15.8. The molecule has 1 rings (SSSR count). The minimum Gasteiger partial charge on any atom is -0.380 e. The second-order valence-corrected chi connectivity index (χ2v) is 32.9. The number of amides is 8. The molecule has 1 aliphatic rings. The molecule has 83 heavy (non-hydrogen) atoms. The molecule has 1 aliphatic heterocycles. The van der Waals surface area contributed by atoms with Crippen LogP contribution in [-0.4, -0.2) is 136 Å². The van der Waals surface area contributed by atoms with Crippen LogP contribution in [0.25, 0.3) is 0 Å². The first kappa shape index (κ1) is 76.9. The van der Waals surface area contributed by atoms with Crippen molar-refractivity contribution in [3.63, 3.8) is 0 Å². The molecule has 1 unspecified atom stereocenters. The molecule has 0 saturated carbocycles. The van der Waals surface area contributed by atoms with Crippen LogP contribution in [0.4, 0.5) is 0 Å². The molecule has 0 aromatic heterocycles. The van der Waals surface area contributed by atoms with Crippen molar-refractivity contribution in [2.45, 2.75) is 236 Å². The Kier molecular flexibility index (Phi) is 29.1. The zero-order chi connectivity index (χ0) is 64.4. The average molecular weight is 1180 g/mol. The quantitative estimate of drug-likeness (QED) is 0.0318. The fraction of sp³-hybridized carbons (Fsp3) is 0.877. The van der Waals surface area contributed by atoms with E-state index in [1.165, 1.54) is 4.90 Å². The summed E-state index contributed by atoms with van der Waals surface area (Å²) in [5.41, 5.74) is -3.96. The molecule has 0 spiro atoms. The lowest BCUT2D eigenvalue weighted by Crippen LogP contribution is -2.50. The predicted molar refractivity (Wildman–Crippen MR) is 331 cm³/mol. The minimum absolute atomic E-state index is 0.0114. The molecule has 1 saturated heterocycles. The summed E-state index contributed by atoms with van der Waals surface area (Å²) >= 11 is 0. The summed E-state index contributed by atoms with van der Waals surface area (Å²) in [7, 11) is 0. The summed E-state index contributed by atoms with van der Waals surface area (Å²) in [6.07, 6.45) is 3.53. The smallest absolute Gasteiger partial charge is 0.242 e. The highest BCUT2D eigenvalue weighted by Gasteiger charge is 2.40. The van der Waals surface area contributed by atoms with Crippen molar-refractivity contribution < 1.29 is 52.6 Å². The Balaban J connectivity index is 3.00. The van der Waals surface area contributed by atoms with Gasteiger partial charge in [-0.05, 0) is 68.1 Å². The van der Waals surface area contributed by atoms with Gasteiger partial charge in [0.15, 0.2) is 0 Å². The fourth-order valence-corrected chi connectivity index (χ4v) is 8.80.